The second kappa shape index (κ2) is 11.0. The summed E-state index contributed by atoms with van der Waals surface area (Å²) in [6.07, 6.45) is 3.61. The summed E-state index contributed by atoms with van der Waals surface area (Å²) >= 11 is 0. The van der Waals surface area contributed by atoms with Crippen LogP contribution in [0.5, 0.6) is 0 Å². The number of ether oxygens (including phenoxy) is 1. The first-order chi connectivity index (χ1) is 10.1. The van der Waals surface area contributed by atoms with Gasteiger partial charge in [-0.05, 0) is 44.2 Å². The van der Waals surface area contributed by atoms with E-state index in [4.69, 9.17) is 10.5 Å². The summed E-state index contributed by atoms with van der Waals surface area (Å²) in [5.74, 6) is 1.34. The molecule has 1 unspecified atom stereocenters. The first kappa shape index (κ1) is 18.4. The zero-order valence-corrected chi connectivity index (χ0v) is 13.8. The molecular weight excluding hydrogens is 266 g/mol. The van der Waals surface area contributed by atoms with Crippen LogP contribution in [0.4, 0.5) is 0 Å². The molecule has 5 nitrogen and oxygen atoms in total. The molecule has 5 heteroatoms. The molecule has 1 saturated heterocycles. The lowest BCUT2D eigenvalue weighted by atomic mass is 9.88. The number of nitrogens with zero attached hydrogens (tertiary/aromatic N) is 1. The predicted octanol–water partition coefficient (Wildman–Crippen LogP) is 1.23. The van der Waals surface area contributed by atoms with E-state index in [1.54, 1.807) is 0 Å². The minimum absolute atomic E-state index is 0.180. The van der Waals surface area contributed by atoms with Crippen molar-refractivity contribution in [2.75, 3.05) is 45.9 Å². The van der Waals surface area contributed by atoms with Crippen molar-refractivity contribution < 1.29 is 9.53 Å². The number of nitrogens with one attached hydrogen (secondary N) is 1. The highest BCUT2D eigenvalue weighted by atomic mass is 16.5. The number of morpholine rings is 1. The monoisotopic (exact) mass is 299 g/mol. The molecule has 0 aliphatic carbocycles. The fourth-order valence-corrected chi connectivity index (χ4v) is 2.79. The summed E-state index contributed by atoms with van der Waals surface area (Å²) in [5, 5.41) is 3.03. The standard InChI is InChI=1S/C16H33N3O2/c1-14(2)15(6-7-17)4-5-16(20)18-8-3-9-19-10-12-21-13-11-19/h14-15H,3-13,17H2,1-2H3,(H,18,20). The summed E-state index contributed by atoms with van der Waals surface area (Å²) in [6.45, 7) is 10.7. The second-order valence-corrected chi connectivity index (χ2v) is 6.28. The molecule has 0 aromatic carbocycles. The Morgan fingerprint density at radius 3 is 2.62 bits per heavy atom. The van der Waals surface area contributed by atoms with Crippen molar-refractivity contribution in [2.24, 2.45) is 17.6 Å². The molecule has 1 fully saturated rings. The van der Waals surface area contributed by atoms with Gasteiger partial charge in [-0.25, -0.2) is 0 Å². The van der Waals surface area contributed by atoms with Crippen LogP contribution in [0.1, 0.15) is 39.5 Å². The van der Waals surface area contributed by atoms with E-state index in [1.807, 2.05) is 0 Å². The van der Waals surface area contributed by atoms with E-state index < -0.39 is 0 Å². The lowest BCUT2D eigenvalue weighted by Gasteiger charge is -2.26. The van der Waals surface area contributed by atoms with Gasteiger partial charge in [0.15, 0.2) is 0 Å². The van der Waals surface area contributed by atoms with Crippen LogP contribution < -0.4 is 11.1 Å². The summed E-state index contributed by atoms with van der Waals surface area (Å²) in [6, 6.07) is 0. The molecule has 0 aromatic rings. The average molecular weight is 299 g/mol. The summed E-state index contributed by atoms with van der Waals surface area (Å²) in [5.41, 5.74) is 5.63. The van der Waals surface area contributed by atoms with Gasteiger partial charge >= 0.3 is 0 Å². The molecule has 1 atom stereocenters. The molecule has 1 amide bonds. The van der Waals surface area contributed by atoms with Gasteiger partial charge in [0, 0.05) is 26.1 Å². The highest BCUT2D eigenvalue weighted by Gasteiger charge is 2.14. The maximum Gasteiger partial charge on any atom is 0.220 e. The molecule has 0 aromatic heterocycles. The van der Waals surface area contributed by atoms with Crippen molar-refractivity contribution in [3.05, 3.63) is 0 Å². The smallest absolute Gasteiger partial charge is 0.220 e. The highest BCUT2D eigenvalue weighted by Crippen LogP contribution is 2.20. The van der Waals surface area contributed by atoms with Gasteiger partial charge in [0.25, 0.3) is 0 Å². The van der Waals surface area contributed by atoms with Crippen LogP contribution in [0.2, 0.25) is 0 Å². The van der Waals surface area contributed by atoms with Gasteiger partial charge in [-0.1, -0.05) is 13.8 Å². The average Bonchev–Trinajstić information content (AvgIpc) is 2.48. The number of amides is 1. The fourth-order valence-electron chi connectivity index (χ4n) is 2.79. The Hall–Kier alpha value is -0.650. The Kier molecular flexibility index (Phi) is 9.63. The van der Waals surface area contributed by atoms with Gasteiger partial charge < -0.3 is 15.8 Å². The Morgan fingerprint density at radius 2 is 2.00 bits per heavy atom. The number of hydrogen-bond donors (Lipinski definition) is 2. The zero-order valence-electron chi connectivity index (χ0n) is 13.8. The minimum Gasteiger partial charge on any atom is -0.379 e. The molecule has 1 heterocycles. The van der Waals surface area contributed by atoms with E-state index >= 15 is 0 Å². The first-order valence-corrected chi connectivity index (χ1v) is 8.40. The van der Waals surface area contributed by atoms with Crippen molar-refractivity contribution in [3.8, 4) is 0 Å². The van der Waals surface area contributed by atoms with Crippen molar-refractivity contribution in [2.45, 2.75) is 39.5 Å². The van der Waals surface area contributed by atoms with Gasteiger partial charge in [-0.2, -0.15) is 0 Å². The van der Waals surface area contributed by atoms with Crippen LogP contribution in [-0.4, -0.2) is 56.7 Å². The van der Waals surface area contributed by atoms with E-state index in [2.05, 4.69) is 24.1 Å². The fraction of sp³-hybridized carbons (Fsp3) is 0.938. The SMILES string of the molecule is CC(C)C(CCN)CCC(=O)NCCCN1CCOCC1. The topological polar surface area (TPSA) is 67.6 Å². The zero-order chi connectivity index (χ0) is 15.5. The second-order valence-electron chi connectivity index (χ2n) is 6.28. The Labute approximate surface area is 129 Å². The van der Waals surface area contributed by atoms with Gasteiger partial charge in [0.1, 0.15) is 0 Å². The van der Waals surface area contributed by atoms with Crippen LogP contribution in [-0.2, 0) is 9.53 Å². The maximum atomic E-state index is 11.8. The van der Waals surface area contributed by atoms with Crippen LogP contribution in [0.15, 0.2) is 0 Å². The molecule has 0 spiro atoms. The maximum absolute atomic E-state index is 11.8. The Bertz CT molecular complexity index is 279. The van der Waals surface area contributed by atoms with Crippen molar-refractivity contribution >= 4 is 5.91 Å². The predicted molar refractivity (Wildman–Crippen MR) is 86.1 cm³/mol. The van der Waals surface area contributed by atoms with E-state index in [9.17, 15) is 4.79 Å². The van der Waals surface area contributed by atoms with Gasteiger partial charge in [-0.15, -0.1) is 0 Å². The quantitative estimate of drug-likeness (QED) is 0.595. The van der Waals surface area contributed by atoms with Crippen molar-refractivity contribution in [1.29, 1.82) is 0 Å². The third kappa shape index (κ3) is 8.39. The van der Waals surface area contributed by atoms with E-state index in [0.29, 0.717) is 24.8 Å². The molecule has 0 saturated carbocycles. The van der Waals surface area contributed by atoms with Gasteiger partial charge in [-0.3, -0.25) is 9.69 Å². The highest BCUT2D eigenvalue weighted by molar-refractivity contribution is 5.75. The minimum atomic E-state index is 0.180. The van der Waals surface area contributed by atoms with Gasteiger partial charge in [0.2, 0.25) is 5.91 Å². The molecule has 124 valence electrons. The lowest BCUT2D eigenvalue weighted by molar-refractivity contribution is -0.121. The molecule has 0 radical (unpaired) electrons. The number of carbonyl (C=O) groups excluding carboxylic acids is 1. The molecular formula is C16H33N3O2. The van der Waals surface area contributed by atoms with Crippen LogP contribution in [0.3, 0.4) is 0 Å². The third-order valence-electron chi connectivity index (χ3n) is 4.30. The normalized spacial score (nSPS) is 17.9. The number of rotatable bonds is 10. The Morgan fingerprint density at radius 1 is 1.29 bits per heavy atom. The van der Waals surface area contributed by atoms with Crippen molar-refractivity contribution in [3.63, 3.8) is 0 Å². The van der Waals surface area contributed by atoms with E-state index in [0.717, 1.165) is 58.7 Å². The van der Waals surface area contributed by atoms with Crippen molar-refractivity contribution in [1.82, 2.24) is 10.2 Å². The summed E-state index contributed by atoms with van der Waals surface area (Å²) in [4.78, 5) is 14.2. The van der Waals surface area contributed by atoms with Crippen LogP contribution in [0, 0.1) is 11.8 Å². The molecule has 0 bridgehead atoms. The molecule has 1 rings (SSSR count). The number of nitrogens with two attached hydrogens (primary N) is 1. The van der Waals surface area contributed by atoms with Crippen LogP contribution in [0.25, 0.3) is 0 Å². The largest absolute Gasteiger partial charge is 0.379 e. The molecule has 3 N–H and O–H groups in total. The molecule has 21 heavy (non-hydrogen) atoms. The number of carbonyl (C=O) groups is 1. The summed E-state index contributed by atoms with van der Waals surface area (Å²) < 4.78 is 5.32. The van der Waals surface area contributed by atoms with Crippen LogP contribution >= 0.6 is 0 Å². The third-order valence-corrected chi connectivity index (χ3v) is 4.30. The van der Waals surface area contributed by atoms with E-state index in [-0.39, 0.29) is 5.91 Å². The summed E-state index contributed by atoms with van der Waals surface area (Å²) in [7, 11) is 0. The lowest BCUT2D eigenvalue weighted by Crippen LogP contribution is -2.38. The molecule has 1 aliphatic rings. The first-order valence-electron chi connectivity index (χ1n) is 8.40. The van der Waals surface area contributed by atoms with E-state index in [1.165, 1.54) is 0 Å². The molecule has 1 aliphatic heterocycles. The van der Waals surface area contributed by atoms with Gasteiger partial charge in [0.05, 0.1) is 13.2 Å². The number of hydrogen-bond acceptors (Lipinski definition) is 4. The Balaban J connectivity index is 2.04.